The van der Waals surface area contributed by atoms with Gasteiger partial charge in [-0.15, -0.1) is 0 Å². The average molecular weight is 427 g/mol. The van der Waals surface area contributed by atoms with E-state index in [2.05, 4.69) is 30.4 Å². The van der Waals surface area contributed by atoms with Crippen LogP contribution in [0.1, 0.15) is 5.56 Å². The average Bonchev–Trinajstić information content (AvgIpc) is 3.25. The Balaban J connectivity index is 1.86. The Morgan fingerprint density at radius 1 is 1.17 bits per heavy atom. The summed E-state index contributed by atoms with van der Waals surface area (Å²) < 4.78 is 21.7. The van der Waals surface area contributed by atoms with E-state index in [4.69, 9.17) is 16.3 Å². The van der Waals surface area contributed by atoms with Gasteiger partial charge in [-0.25, -0.2) is 14.4 Å². The van der Waals surface area contributed by atoms with Crippen LogP contribution in [0.5, 0.6) is 5.75 Å². The van der Waals surface area contributed by atoms with E-state index in [9.17, 15) is 0 Å². The zero-order valence-corrected chi connectivity index (χ0v) is 17.3. The monoisotopic (exact) mass is 426 g/mol. The van der Waals surface area contributed by atoms with E-state index < -0.39 is 5.82 Å². The predicted octanol–water partition coefficient (Wildman–Crippen LogP) is 3.69. The molecule has 1 fully saturated rings. The van der Waals surface area contributed by atoms with Crippen molar-refractivity contribution in [2.24, 2.45) is 0 Å². The molecule has 0 amide bonds. The van der Waals surface area contributed by atoms with Gasteiger partial charge in [0.15, 0.2) is 11.6 Å². The summed E-state index contributed by atoms with van der Waals surface area (Å²) >= 11 is 6.80. The third-order valence-electron chi connectivity index (χ3n) is 5.60. The summed E-state index contributed by atoms with van der Waals surface area (Å²) in [5, 5.41) is 11.8. The smallest absolute Gasteiger partial charge is 0.159 e. The molecule has 7 nitrogen and oxygen atoms in total. The highest BCUT2D eigenvalue weighted by molar-refractivity contribution is 6.37. The van der Waals surface area contributed by atoms with Crippen molar-refractivity contribution in [1.82, 2.24) is 25.5 Å². The number of fused-ring (bicyclic) bond motifs is 2. The summed E-state index contributed by atoms with van der Waals surface area (Å²) in [5.74, 6) is 0.507. The Kier molecular flexibility index (Phi) is 4.67. The third-order valence-corrected chi connectivity index (χ3v) is 5.96. The maximum Gasteiger partial charge on any atom is 0.159 e. The molecule has 0 bridgehead atoms. The summed E-state index contributed by atoms with van der Waals surface area (Å²) in [4.78, 5) is 10.8. The molecule has 2 aromatic carbocycles. The van der Waals surface area contributed by atoms with Gasteiger partial charge in [-0.3, -0.25) is 5.10 Å². The minimum atomic E-state index is -0.494. The zero-order valence-electron chi connectivity index (χ0n) is 16.6. The molecule has 0 radical (unpaired) electrons. The van der Waals surface area contributed by atoms with Gasteiger partial charge in [0.2, 0.25) is 0 Å². The number of hydrogen-bond donors (Lipinski definition) is 2. The van der Waals surface area contributed by atoms with Gasteiger partial charge in [-0.2, -0.15) is 5.10 Å². The number of anilines is 1. The highest BCUT2D eigenvalue weighted by atomic mass is 35.5. The SMILES string of the molecule is COc1c(Cl)c(-c2c(C)ccc3[nH]ncc23)c(F)c2ncnc(N3CCNCC3)c12. The molecule has 1 saturated heterocycles. The van der Waals surface area contributed by atoms with Crippen LogP contribution in [0.15, 0.2) is 24.7 Å². The standard InChI is InChI=1S/C21H20ClFN6O/c1-11-3-4-13-12(9-27-28-13)14(11)15-17(22)20(30-2)16-19(18(15)23)25-10-26-21(16)29-7-5-24-6-8-29/h3-4,9-10,24H,5-8H2,1-2H3,(H,27,28). The quantitative estimate of drug-likeness (QED) is 0.520. The molecule has 3 heterocycles. The molecule has 4 aromatic rings. The largest absolute Gasteiger partial charge is 0.494 e. The Morgan fingerprint density at radius 2 is 1.97 bits per heavy atom. The van der Waals surface area contributed by atoms with Crippen molar-refractivity contribution in [2.75, 3.05) is 38.2 Å². The van der Waals surface area contributed by atoms with Crippen LogP contribution in [0.3, 0.4) is 0 Å². The predicted molar refractivity (Wildman–Crippen MR) is 116 cm³/mol. The highest BCUT2D eigenvalue weighted by Crippen LogP contribution is 2.47. The topological polar surface area (TPSA) is 79.0 Å². The molecule has 2 N–H and O–H groups in total. The lowest BCUT2D eigenvalue weighted by Gasteiger charge is -2.29. The van der Waals surface area contributed by atoms with Gasteiger partial charge in [0.05, 0.1) is 29.2 Å². The number of ether oxygens (including phenoxy) is 1. The van der Waals surface area contributed by atoms with E-state index >= 15 is 4.39 Å². The van der Waals surface area contributed by atoms with E-state index in [1.54, 1.807) is 6.20 Å². The van der Waals surface area contributed by atoms with Crippen molar-refractivity contribution < 1.29 is 9.13 Å². The van der Waals surface area contributed by atoms with Gasteiger partial charge >= 0.3 is 0 Å². The van der Waals surface area contributed by atoms with Crippen LogP contribution in [0, 0.1) is 12.7 Å². The second kappa shape index (κ2) is 7.37. The summed E-state index contributed by atoms with van der Waals surface area (Å²) in [6.45, 7) is 5.07. The van der Waals surface area contributed by atoms with Gasteiger partial charge < -0.3 is 15.0 Å². The fraction of sp³-hybridized carbons (Fsp3) is 0.286. The van der Waals surface area contributed by atoms with Crippen LogP contribution >= 0.6 is 11.6 Å². The minimum Gasteiger partial charge on any atom is -0.494 e. The highest BCUT2D eigenvalue weighted by Gasteiger charge is 2.28. The molecular formula is C21H20ClFN6O. The molecule has 1 aliphatic rings. The van der Waals surface area contributed by atoms with Crippen molar-refractivity contribution in [3.8, 4) is 16.9 Å². The maximum absolute atomic E-state index is 16.0. The minimum absolute atomic E-state index is 0.190. The molecular weight excluding hydrogens is 407 g/mol. The summed E-state index contributed by atoms with van der Waals surface area (Å²) in [7, 11) is 1.53. The first-order valence-electron chi connectivity index (χ1n) is 9.70. The lowest BCUT2D eigenvalue weighted by molar-refractivity contribution is 0.419. The van der Waals surface area contributed by atoms with E-state index in [1.165, 1.54) is 13.4 Å². The van der Waals surface area contributed by atoms with Gasteiger partial charge in [-0.05, 0) is 18.6 Å². The first kappa shape index (κ1) is 19.0. The van der Waals surface area contributed by atoms with E-state index in [0.717, 1.165) is 42.6 Å². The molecule has 154 valence electrons. The van der Waals surface area contributed by atoms with Crippen LogP contribution < -0.4 is 15.0 Å². The Hall–Kier alpha value is -2.97. The van der Waals surface area contributed by atoms with Crippen LogP contribution in [0.2, 0.25) is 5.02 Å². The van der Waals surface area contributed by atoms with Gasteiger partial charge in [0, 0.05) is 42.7 Å². The first-order valence-corrected chi connectivity index (χ1v) is 10.1. The normalized spacial score (nSPS) is 14.6. The van der Waals surface area contributed by atoms with Crippen molar-refractivity contribution in [1.29, 1.82) is 0 Å². The molecule has 5 rings (SSSR count). The van der Waals surface area contributed by atoms with E-state index in [-0.39, 0.29) is 16.1 Å². The van der Waals surface area contributed by atoms with E-state index in [1.807, 2.05) is 19.1 Å². The number of aryl methyl sites for hydroxylation is 1. The van der Waals surface area contributed by atoms with Gasteiger partial charge in [0.1, 0.15) is 17.7 Å². The molecule has 0 unspecified atom stereocenters. The molecule has 30 heavy (non-hydrogen) atoms. The molecule has 2 aromatic heterocycles. The number of piperazine rings is 1. The van der Waals surface area contributed by atoms with Crippen LogP contribution in [0.4, 0.5) is 10.2 Å². The molecule has 0 spiro atoms. The third kappa shape index (κ3) is 2.79. The number of aromatic nitrogens is 4. The number of nitrogens with one attached hydrogen (secondary N) is 2. The van der Waals surface area contributed by atoms with Crippen LogP contribution in [-0.2, 0) is 0 Å². The van der Waals surface area contributed by atoms with Crippen molar-refractivity contribution >= 4 is 39.2 Å². The second-order valence-electron chi connectivity index (χ2n) is 7.28. The zero-order chi connectivity index (χ0) is 20.8. The molecule has 1 aliphatic heterocycles. The first-order chi connectivity index (χ1) is 14.6. The fourth-order valence-corrected chi connectivity index (χ4v) is 4.52. The van der Waals surface area contributed by atoms with Crippen molar-refractivity contribution in [2.45, 2.75) is 6.92 Å². The summed E-state index contributed by atoms with van der Waals surface area (Å²) in [6.07, 6.45) is 3.07. The molecule has 9 heteroatoms. The molecule has 0 aliphatic carbocycles. The number of aromatic amines is 1. The number of nitrogens with zero attached hydrogens (tertiary/aromatic N) is 4. The Bertz CT molecular complexity index is 1270. The lowest BCUT2D eigenvalue weighted by atomic mass is 9.94. The number of benzene rings is 2. The number of methoxy groups -OCH3 is 1. The number of hydrogen-bond acceptors (Lipinski definition) is 6. The van der Waals surface area contributed by atoms with Crippen LogP contribution in [-0.4, -0.2) is 53.5 Å². The fourth-order valence-electron chi connectivity index (χ4n) is 4.18. The van der Waals surface area contributed by atoms with Crippen LogP contribution in [0.25, 0.3) is 32.9 Å². The Labute approximate surface area is 177 Å². The van der Waals surface area contributed by atoms with E-state index in [0.29, 0.717) is 22.5 Å². The molecule has 0 atom stereocenters. The lowest BCUT2D eigenvalue weighted by Crippen LogP contribution is -2.44. The van der Waals surface area contributed by atoms with Gasteiger partial charge in [-0.1, -0.05) is 17.7 Å². The van der Waals surface area contributed by atoms with Crippen molar-refractivity contribution in [3.05, 3.63) is 41.1 Å². The van der Waals surface area contributed by atoms with Crippen molar-refractivity contribution in [3.63, 3.8) is 0 Å². The number of halogens is 2. The number of rotatable bonds is 3. The molecule has 0 saturated carbocycles. The second-order valence-corrected chi connectivity index (χ2v) is 7.66. The Morgan fingerprint density at radius 3 is 2.73 bits per heavy atom. The van der Waals surface area contributed by atoms with Gasteiger partial charge in [0.25, 0.3) is 0 Å². The maximum atomic E-state index is 16.0. The summed E-state index contributed by atoms with van der Waals surface area (Å²) in [6, 6.07) is 3.82. The number of H-pyrrole nitrogens is 1. The summed E-state index contributed by atoms with van der Waals surface area (Å²) in [5.41, 5.74) is 2.80.